The zero-order chi connectivity index (χ0) is 27.7. The van der Waals surface area contributed by atoms with Crippen molar-refractivity contribution in [1.29, 1.82) is 0 Å². The summed E-state index contributed by atoms with van der Waals surface area (Å²) in [6.45, 7) is 2.82. The first-order valence-electron chi connectivity index (χ1n) is 13.2. The maximum Gasteiger partial charge on any atom is 0.266 e. The average molecular weight is 621 g/mol. The van der Waals surface area contributed by atoms with Crippen LogP contribution in [0.3, 0.4) is 0 Å². The number of hydrogen-bond donors (Lipinski definition) is 0. The van der Waals surface area contributed by atoms with Gasteiger partial charge in [-0.25, -0.2) is 4.99 Å². The molecule has 5 rings (SSSR count). The van der Waals surface area contributed by atoms with Crippen molar-refractivity contribution in [2.24, 2.45) is 4.99 Å². The summed E-state index contributed by atoms with van der Waals surface area (Å²) in [6, 6.07) is 25.6. The summed E-state index contributed by atoms with van der Waals surface area (Å²) in [5, 5.41) is 0.677. The molecule has 0 atom stereocenters. The van der Waals surface area contributed by atoms with E-state index in [1.54, 1.807) is 9.80 Å². The molecule has 2 aliphatic heterocycles. The number of para-hydroxylation sites is 1. The predicted octanol–water partition coefficient (Wildman–Crippen LogP) is 5.92. The van der Waals surface area contributed by atoms with Gasteiger partial charge < -0.3 is 14.4 Å². The zero-order valence-electron chi connectivity index (χ0n) is 22.0. The van der Waals surface area contributed by atoms with Gasteiger partial charge in [0, 0.05) is 19.6 Å². The van der Waals surface area contributed by atoms with Gasteiger partial charge >= 0.3 is 0 Å². The maximum atomic E-state index is 13.5. The largest absolute Gasteiger partial charge is 0.483 e. The Labute approximate surface area is 247 Å². The van der Waals surface area contributed by atoms with Crippen molar-refractivity contribution in [3.05, 3.63) is 99.4 Å². The summed E-state index contributed by atoms with van der Waals surface area (Å²) in [5.41, 5.74) is 2.90. The first-order valence-corrected chi connectivity index (χ1v) is 14.8. The Bertz CT molecular complexity index is 1390. The van der Waals surface area contributed by atoms with Gasteiger partial charge in [-0.05, 0) is 82.0 Å². The Morgan fingerprint density at radius 3 is 2.48 bits per heavy atom. The molecule has 0 aliphatic carbocycles. The van der Waals surface area contributed by atoms with Crippen LogP contribution in [-0.2, 0) is 20.7 Å². The maximum absolute atomic E-state index is 13.5. The van der Waals surface area contributed by atoms with E-state index in [-0.39, 0.29) is 18.4 Å². The van der Waals surface area contributed by atoms with Crippen LogP contribution in [-0.4, -0.2) is 66.2 Å². The number of carbonyl (C=O) groups is 2. The summed E-state index contributed by atoms with van der Waals surface area (Å²) >= 11 is 4.94. The zero-order valence-corrected chi connectivity index (χ0v) is 24.4. The van der Waals surface area contributed by atoms with E-state index in [0.29, 0.717) is 53.1 Å². The molecule has 2 aliphatic rings. The lowest BCUT2D eigenvalue weighted by Crippen LogP contribution is -2.43. The van der Waals surface area contributed by atoms with Gasteiger partial charge in [0.2, 0.25) is 0 Å². The van der Waals surface area contributed by atoms with Crippen LogP contribution in [0.2, 0.25) is 0 Å². The van der Waals surface area contributed by atoms with Gasteiger partial charge in [-0.15, -0.1) is 0 Å². The number of amidine groups is 1. The van der Waals surface area contributed by atoms with Crippen molar-refractivity contribution >= 4 is 56.4 Å². The number of aliphatic imine (C=N–C) groups is 1. The van der Waals surface area contributed by atoms with Crippen LogP contribution in [0.1, 0.15) is 17.5 Å². The normalized spacial score (nSPS) is 17.6. The van der Waals surface area contributed by atoms with Crippen LogP contribution in [0.15, 0.2) is 93.2 Å². The molecule has 0 saturated carbocycles. The first-order chi connectivity index (χ1) is 19.6. The lowest BCUT2D eigenvalue weighted by Gasteiger charge is -2.26. The van der Waals surface area contributed by atoms with Crippen LogP contribution in [0.4, 0.5) is 5.69 Å². The molecule has 206 valence electrons. The Morgan fingerprint density at radius 1 is 1.02 bits per heavy atom. The second kappa shape index (κ2) is 13.8. The molecule has 9 heteroatoms. The molecule has 0 radical (unpaired) electrons. The number of halogens is 1. The molecule has 3 aromatic rings. The topological polar surface area (TPSA) is 71.4 Å². The Morgan fingerprint density at radius 2 is 1.75 bits per heavy atom. The molecule has 3 aromatic carbocycles. The monoisotopic (exact) mass is 619 g/mol. The van der Waals surface area contributed by atoms with Gasteiger partial charge in [-0.3, -0.25) is 14.5 Å². The van der Waals surface area contributed by atoms with Crippen molar-refractivity contribution in [3.8, 4) is 5.75 Å². The highest BCUT2D eigenvalue weighted by Gasteiger charge is 2.33. The standard InChI is InChI=1S/C31H30BrN3O4S/c32-26-20-24(13-14-27(26)39-22-29(36)34-16-18-38-19-17-34)21-28-30(37)35(15-7-10-23-8-3-1-4-9-23)31(40-28)33-25-11-5-2-6-12-25/h1-6,8-9,11-14,20-21H,7,10,15-19,22H2/b28-21-,33-31?. The minimum absolute atomic E-state index is 0.0371. The molecule has 0 aromatic heterocycles. The second-order valence-corrected chi connectivity index (χ2v) is 11.2. The number of hydrogen-bond acceptors (Lipinski definition) is 6. The fourth-order valence-corrected chi connectivity index (χ4v) is 5.94. The SMILES string of the molecule is O=C(COc1ccc(/C=C2\SC(=Nc3ccccc3)N(CCCc3ccccc3)C2=O)cc1Br)N1CCOCC1. The summed E-state index contributed by atoms with van der Waals surface area (Å²) in [7, 11) is 0. The fourth-order valence-electron chi connectivity index (χ4n) is 4.41. The molecule has 0 N–H and O–H groups in total. The van der Waals surface area contributed by atoms with Crippen molar-refractivity contribution in [1.82, 2.24) is 9.80 Å². The number of ether oxygens (including phenoxy) is 2. The number of amides is 2. The smallest absolute Gasteiger partial charge is 0.266 e. The highest BCUT2D eigenvalue weighted by molar-refractivity contribution is 9.10. The molecule has 40 heavy (non-hydrogen) atoms. The number of aryl methyl sites for hydroxylation is 1. The lowest BCUT2D eigenvalue weighted by atomic mass is 10.1. The predicted molar refractivity (Wildman–Crippen MR) is 163 cm³/mol. The summed E-state index contributed by atoms with van der Waals surface area (Å²) in [5.74, 6) is 0.454. The van der Waals surface area contributed by atoms with Crippen molar-refractivity contribution in [2.45, 2.75) is 12.8 Å². The lowest BCUT2D eigenvalue weighted by molar-refractivity contribution is -0.137. The Hall–Kier alpha value is -3.40. The van der Waals surface area contributed by atoms with E-state index in [1.807, 2.05) is 72.8 Å². The molecular formula is C31H30BrN3O4S. The van der Waals surface area contributed by atoms with E-state index in [0.717, 1.165) is 24.1 Å². The van der Waals surface area contributed by atoms with Crippen molar-refractivity contribution < 1.29 is 19.1 Å². The van der Waals surface area contributed by atoms with Gasteiger partial charge in [0.05, 0.1) is 28.3 Å². The molecule has 0 unspecified atom stereocenters. The van der Waals surface area contributed by atoms with E-state index in [9.17, 15) is 9.59 Å². The van der Waals surface area contributed by atoms with Gasteiger partial charge in [0.15, 0.2) is 11.8 Å². The first kappa shape index (κ1) is 28.1. The van der Waals surface area contributed by atoms with E-state index in [1.165, 1.54) is 17.3 Å². The summed E-state index contributed by atoms with van der Waals surface area (Å²) < 4.78 is 11.8. The molecule has 2 saturated heterocycles. The molecule has 2 amide bonds. The summed E-state index contributed by atoms with van der Waals surface area (Å²) in [6.07, 6.45) is 3.59. The second-order valence-electron chi connectivity index (χ2n) is 9.36. The number of morpholine rings is 1. The van der Waals surface area contributed by atoms with Crippen LogP contribution in [0, 0.1) is 0 Å². The highest BCUT2D eigenvalue weighted by Crippen LogP contribution is 2.35. The van der Waals surface area contributed by atoms with Crippen molar-refractivity contribution in [2.75, 3.05) is 39.5 Å². The number of rotatable bonds is 9. The van der Waals surface area contributed by atoms with E-state index in [2.05, 4.69) is 28.1 Å². The molecule has 0 spiro atoms. The summed E-state index contributed by atoms with van der Waals surface area (Å²) in [4.78, 5) is 34.9. The third kappa shape index (κ3) is 7.41. The van der Waals surface area contributed by atoms with Gasteiger partial charge in [-0.2, -0.15) is 0 Å². The number of benzene rings is 3. The quantitative estimate of drug-likeness (QED) is 0.278. The van der Waals surface area contributed by atoms with Crippen LogP contribution >= 0.6 is 27.7 Å². The van der Waals surface area contributed by atoms with Crippen LogP contribution in [0.25, 0.3) is 6.08 Å². The fraction of sp³-hybridized carbons (Fsp3) is 0.258. The highest BCUT2D eigenvalue weighted by atomic mass is 79.9. The van der Waals surface area contributed by atoms with E-state index in [4.69, 9.17) is 14.5 Å². The van der Waals surface area contributed by atoms with Gasteiger partial charge in [-0.1, -0.05) is 54.6 Å². The minimum Gasteiger partial charge on any atom is -0.483 e. The molecule has 2 fully saturated rings. The van der Waals surface area contributed by atoms with Gasteiger partial charge in [0.1, 0.15) is 5.75 Å². The third-order valence-corrected chi connectivity index (χ3v) is 8.15. The van der Waals surface area contributed by atoms with Gasteiger partial charge in [0.25, 0.3) is 11.8 Å². The number of carbonyl (C=O) groups excluding carboxylic acids is 2. The molecule has 7 nitrogen and oxygen atoms in total. The van der Waals surface area contributed by atoms with E-state index >= 15 is 0 Å². The number of thioether (sulfide) groups is 1. The average Bonchev–Trinajstić information content (AvgIpc) is 3.27. The Kier molecular flexibility index (Phi) is 9.70. The number of nitrogens with zero attached hydrogens (tertiary/aromatic N) is 3. The third-order valence-electron chi connectivity index (χ3n) is 6.53. The van der Waals surface area contributed by atoms with E-state index < -0.39 is 0 Å². The van der Waals surface area contributed by atoms with Crippen LogP contribution in [0.5, 0.6) is 5.75 Å². The van der Waals surface area contributed by atoms with Crippen molar-refractivity contribution in [3.63, 3.8) is 0 Å². The van der Waals surface area contributed by atoms with Crippen LogP contribution < -0.4 is 4.74 Å². The minimum atomic E-state index is -0.0630. The molecular weight excluding hydrogens is 590 g/mol. The Balaban J connectivity index is 1.28. The molecule has 0 bridgehead atoms. The molecule has 2 heterocycles.